The first kappa shape index (κ1) is 17.4. The van der Waals surface area contributed by atoms with E-state index >= 15 is 0 Å². The summed E-state index contributed by atoms with van der Waals surface area (Å²) in [5, 5.41) is 0. The third kappa shape index (κ3) is 5.33. The Morgan fingerprint density at radius 2 is 1.86 bits per heavy atom. The van der Waals surface area contributed by atoms with Crippen LogP contribution in [-0.2, 0) is 0 Å². The van der Waals surface area contributed by atoms with Gasteiger partial charge < -0.3 is 4.90 Å². The maximum absolute atomic E-state index is 12.4. The largest absolute Gasteiger partial charge is 0.366 e. The molecule has 0 aliphatic rings. The lowest BCUT2D eigenvalue weighted by Crippen LogP contribution is -2.15. The standard InChI is InChI=1S/C18H28N2O/c1-8-20(7)12-19-16-10-13(2)15(9-14(16)3)17(21)11-18(4,5)6/h9-10,12H,8,11H2,1-7H3. The van der Waals surface area contributed by atoms with Gasteiger partial charge in [0.25, 0.3) is 0 Å². The lowest BCUT2D eigenvalue weighted by Gasteiger charge is -2.18. The number of aliphatic imine (C=N–C) groups is 1. The Hall–Kier alpha value is -1.64. The van der Waals surface area contributed by atoms with E-state index in [2.05, 4.69) is 32.7 Å². The molecule has 0 aromatic heterocycles. The lowest BCUT2D eigenvalue weighted by atomic mass is 9.86. The molecule has 0 heterocycles. The van der Waals surface area contributed by atoms with Gasteiger partial charge in [0.1, 0.15) is 0 Å². The number of ketones is 1. The third-order valence-corrected chi connectivity index (χ3v) is 3.43. The molecule has 0 atom stereocenters. The average molecular weight is 288 g/mol. The van der Waals surface area contributed by atoms with Crippen molar-refractivity contribution in [3.8, 4) is 0 Å². The summed E-state index contributed by atoms with van der Waals surface area (Å²) in [5.74, 6) is 0.212. The Morgan fingerprint density at radius 3 is 2.38 bits per heavy atom. The van der Waals surface area contributed by atoms with Crippen molar-refractivity contribution in [1.82, 2.24) is 4.90 Å². The summed E-state index contributed by atoms with van der Waals surface area (Å²) in [6.07, 6.45) is 2.40. The van der Waals surface area contributed by atoms with Crippen LogP contribution in [0.15, 0.2) is 17.1 Å². The number of hydrogen-bond acceptors (Lipinski definition) is 2. The molecule has 1 aromatic carbocycles. The van der Waals surface area contributed by atoms with Crippen LogP contribution in [0.25, 0.3) is 0 Å². The van der Waals surface area contributed by atoms with E-state index in [0.29, 0.717) is 6.42 Å². The number of nitrogens with zero attached hydrogens (tertiary/aromatic N) is 2. The molecular formula is C18H28N2O. The first-order valence-electron chi connectivity index (χ1n) is 7.53. The zero-order chi connectivity index (χ0) is 16.2. The zero-order valence-corrected chi connectivity index (χ0v) is 14.4. The van der Waals surface area contributed by atoms with E-state index in [1.54, 1.807) is 0 Å². The number of Topliss-reactive ketones (excluding diaryl/α,β-unsaturated/α-hetero) is 1. The molecule has 21 heavy (non-hydrogen) atoms. The second kappa shape index (κ2) is 6.88. The Bertz CT molecular complexity index is 539. The van der Waals surface area contributed by atoms with Crippen molar-refractivity contribution >= 4 is 17.8 Å². The molecule has 0 aliphatic carbocycles. The van der Waals surface area contributed by atoms with Gasteiger partial charge in [0.2, 0.25) is 0 Å². The van der Waals surface area contributed by atoms with E-state index in [1.807, 2.05) is 44.3 Å². The maximum atomic E-state index is 12.4. The minimum absolute atomic E-state index is 0.0120. The molecule has 0 unspecified atom stereocenters. The highest BCUT2D eigenvalue weighted by Gasteiger charge is 2.19. The van der Waals surface area contributed by atoms with Crippen LogP contribution >= 0.6 is 0 Å². The molecule has 1 aromatic rings. The molecule has 3 nitrogen and oxygen atoms in total. The van der Waals surface area contributed by atoms with Crippen molar-refractivity contribution in [2.75, 3.05) is 13.6 Å². The molecule has 3 heteroatoms. The smallest absolute Gasteiger partial charge is 0.163 e. The monoisotopic (exact) mass is 288 g/mol. The van der Waals surface area contributed by atoms with Crippen LogP contribution in [0.2, 0.25) is 0 Å². The van der Waals surface area contributed by atoms with E-state index in [1.165, 1.54) is 0 Å². The number of aryl methyl sites for hydroxylation is 2. The Balaban J connectivity index is 3.05. The summed E-state index contributed by atoms with van der Waals surface area (Å²) in [4.78, 5) is 18.9. The van der Waals surface area contributed by atoms with Gasteiger partial charge in [-0.05, 0) is 49.4 Å². The van der Waals surface area contributed by atoms with E-state index in [9.17, 15) is 4.79 Å². The van der Waals surface area contributed by atoms with Crippen molar-refractivity contribution in [3.63, 3.8) is 0 Å². The summed E-state index contributed by atoms with van der Waals surface area (Å²) < 4.78 is 0. The lowest BCUT2D eigenvalue weighted by molar-refractivity contribution is 0.0939. The van der Waals surface area contributed by atoms with E-state index in [-0.39, 0.29) is 11.2 Å². The van der Waals surface area contributed by atoms with Gasteiger partial charge >= 0.3 is 0 Å². The third-order valence-electron chi connectivity index (χ3n) is 3.43. The van der Waals surface area contributed by atoms with E-state index in [0.717, 1.165) is 28.9 Å². The summed E-state index contributed by atoms with van der Waals surface area (Å²) >= 11 is 0. The molecule has 1 rings (SSSR count). The van der Waals surface area contributed by atoms with Crippen molar-refractivity contribution in [1.29, 1.82) is 0 Å². The van der Waals surface area contributed by atoms with Gasteiger partial charge in [0.05, 0.1) is 12.0 Å². The normalized spacial score (nSPS) is 12.0. The minimum atomic E-state index is 0.0120. The van der Waals surface area contributed by atoms with Crippen molar-refractivity contribution in [3.05, 3.63) is 28.8 Å². The topological polar surface area (TPSA) is 32.7 Å². The molecule has 0 bridgehead atoms. The van der Waals surface area contributed by atoms with Gasteiger partial charge in [-0.3, -0.25) is 4.79 Å². The first-order chi connectivity index (χ1) is 9.64. The highest BCUT2D eigenvalue weighted by atomic mass is 16.1. The molecule has 0 aliphatic heterocycles. The fourth-order valence-electron chi connectivity index (χ4n) is 2.06. The van der Waals surface area contributed by atoms with Gasteiger partial charge in [-0.25, -0.2) is 4.99 Å². The van der Waals surface area contributed by atoms with Gasteiger partial charge in [0.15, 0.2) is 5.78 Å². The molecular weight excluding hydrogens is 260 g/mol. The molecule has 0 amide bonds. The molecule has 0 spiro atoms. The Kier molecular flexibility index (Phi) is 5.70. The summed E-state index contributed by atoms with van der Waals surface area (Å²) in [6.45, 7) is 13.3. The van der Waals surface area contributed by atoms with Gasteiger partial charge in [0, 0.05) is 25.6 Å². The van der Waals surface area contributed by atoms with E-state index in [4.69, 9.17) is 0 Å². The number of carbonyl (C=O) groups excluding carboxylic acids is 1. The van der Waals surface area contributed by atoms with Crippen LogP contribution in [0.1, 0.15) is 55.6 Å². The molecule has 0 saturated carbocycles. The molecule has 116 valence electrons. The second-order valence-corrected chi connectivity index (χ2v) is 6.93. The molecule has 0 N–H and O–H groups in total. The highest BCUT2D eigenvalue weighted by molar-refractivity contribution is 5.98. The summed E-state index contributed by atoms with van der Waals surface area (Å²) in [7, 11) is 1.99. The number of rotatable bonds is 5. The Morgan fingerprint density at radius 1 is 1.24 bits per heavy atom. The van der Waals surface area contributed by atoms with Gasteiger partial charge in [-0.2, -0.15) is 0 Å². The predicted octanol–water partition coefficient (Wildman–Crippen LogP) is 4.53. The number of hydrogen-bond donors (Lipinski definition) is 0. The zero-order valence-electron chi connectivity index (χ0n) is 14.4. The van der Waals surface area contributed by atoms with Gasteiger partial charge in [-0.15, -0.1) is 0 Å². The number of benzene rings is 1. The van der Waals surface area contributed by atoms with Crippen LogP contribution in [0.4, 0.5) is 5.69 Å². The highest BCUT2D eigenvalue weighted by Crippen LogP contribution is 2.27. The number of carbonyl (C=O) groups is 1. The Labute approximate surface area is 129 Å². The second-order valence-electron chi connectivity index (χ2n) is 6.93. The molecule has 0 fully saturated rings. The fourth-order valence-corrected chi connectivity index (χ4v) is 2.06. The fraction of sp³-hybridized carbons (Fsp3) is 0.556. The van der Waals surface area contributed by atoms with Crippen LogP contribution in [0.5, 0.6) is 0 Å². The van der Waals surface area contributed by atoms with E-state index < -0.39 is 0 Å². The predicted molar refractivity (Wildman–Crippen MR) is 90.8 cm³/mol. The van der Waals surface area contributed by atoms with Crippen LogP contribution in [-0.4, -0.2) is 30.6 Å². The average Bonchev–Trinajstić information content (AvgIpc) is 2.36. The SMILES string of the molecule is CCN(C)C=Nc1cc(C)c(C(=O)CC(C)(C)C)cc1C. The summed E-state index contributed by atoms with van der Waals surface area (Å²) in [5.41, 5.74) is 3.81. The van der Waals surface area contributed by atoms with Crippen molar-refractivity contribution in [2.45, 2.75) is 48.0 Å². The molecule has 0 radical (unpaired) electrons. The van der Waals surface area contributed by atoms with Crippen molar-refractivity contribution in [2.24, 2.45) is 10.4 Å². The first-order valence-corrected chi connectivity index (χ1v) is 7.53. The quantitative estimate of drug-likeness (QED) is 0.453. The van der Waals surface area contributed by atoms with Crippen LogP contribution in [0, 0.1) is 19.3 Å². The van der Waals surface area contributed by atoms with Gasteiger partial charge in [-0.1, -0.05) is 20.8 Å². The van der Waals surface area contributed by atoms with Crippen LogP contribution < -0.4 is 0 Å². The summed E-state index contributed by atoms with van der Waals surface area (Å²) in [6, 6.07) is 3.98. The van der Waals surface area contributed by atoms with Crippen LogP contribution in [0.3, 0.4) is 0 Å². The maximum Gasteiger partial charge on any atom is 0.163 e. The minimum Gasteiger partial charge on any atom is -0.366 e. The van der Waals surface area contributed by atoms with Crippen molar-refractivity contribution < 1.29 is 4.79 Å². The molecule has 0 saturated heterocycles.